The number of hydrogen-bond acceptors (Lipinski definition) is 6. The van der Waals surface area contributed by atoms with E-state index in [-0.39, 0.29) is 24.2 Å². The van der Waals surface area contributed by atoms with Crippen LogP contribution in [0, 0.1) is 0 Å². The third kappa shape index (κ3) is 8.52. The molecule has 4 amide bonds. The molecule has 0 radical (unpaired) electrons. The molecule has 0 saturated heterocycles. The molecule has 220 valence electrons. The van der Waals surface area contributed by atoms with Gasteiger partial charge >= 0.3 is 0 Å². The first-order valence-corrected chi connectivity index (χ1v) is 13.5. The number of aromatic hydroxyl groups is 1. The summed E-state index contributed by atoms with van der Waals surface area (Å²) in [6.45, 7) is 5.31. The number of primary amides is 1. The molecule has 0 aliphatic rings. The Kier molecular flexibility index (Phi) is 11.0. The fraction of sp³-hybridized carbons (Fsp3) is 0.250. The first kappa shape index (κ1) is 31.6. The van der Waals surface area contributed by atoms with Gasteiger partial charge in [-0.1, -0.05) is 79.4 Å². The van der Waals surface area contributed by atoms with Crippen LogP contribution in [-0.4, -0.2) is 58.8 Å². The van der Waals surface area contributed by atoms with Gasteiger partial charge in [-0.05, 0) is 42.2 Å². The summed E-state index contributed by atoms with van der Waals surface area (Å²) in [4.78, 5) is 53.3. The zero-order chi connectivity index (χ0) is 30.8. The van der Waals surface area contributed by atoms with E-state index < -0.39 is 47.8 Å². The zero-order valence-corrected chi connectivity index (χ0v) is 23.7. The predicted octanol–water partition coefficient (Wildman–Crippen LogP) is 1.74. The van der Waals surface area contributed by atoms with Gasteiger partial charge in [-0.15, -0.1) is 0 Å². The van der Waals surface area contributed by atoms with Gasteiger partial charge in [0.1, 0.15) is 17.8 Å². The van der Waals surface area contributed by atoms with Crippen LogP contribution in [0.1, 0.15) is 29.7 Å². The smallest absolute Gasteiger partial charge is 0.246 e. The van der Waals surface area contributed by atoms with Crippen LogP contribution in [0.2, 0.25) is 0 Å². The molecule has 0 saturated carbocycles. The average Bonchev–Trinajstić information content (AvgIpc) is 2.99. The van der Waals surface area contributed by atoms with Crippen molar-refractivity contribution in [1.29, 1.82) is 0 Å². The van der Waals surface area contributed by atoms with Crippen molar-refractivity contribution < 1.29 is 24.3 Å². The van der Waals surface area contributed by atoms with E-state index >= 15 is 0 Å². The molecule has 0 aliphatic carbocycles. The Morgan fingerprint density at radius 2 is 1.38 bits per heavy atom. The number of phenolic OH excluding ortho intramolecular Hbond substituents is 1. The van der Waals surface area contributed by atoms with Crippen LogP contribution in [0.15, 0.2) is 97.1 Å². The maximum absolute atomic E-state index is 13.6. The van der Waals surface area contributed by atoms with Gasteiger partial charge in [0, 0.05) is 19.0 Å². The van der Waals surface area contributed by atoms with E-state index in [1.54, 1.807) is 49.4 Å². The van der Waals surface area contributed by atoms with Crippen molar-refractivity contribution in [3.63, 3.8) is 0 Å². The van der Waals surface area contributed by atoms with Gasteiger partial charge in [0.25, 0.3) is 0 Å². The summed E-state index contributed by atoms with van der Waals surface area (Å²) in [5.41, 5.74) is 13.8. The summed E-state index contributed by atoms with van der Waals surface area (Å²) in [6, 6.07) is 20.4. The fourth-order valence-corrected chi connectivity index (χ4v) is 4.36. The molecule has 10 nitrogen and oxygen atoms in total. The van der Waals surface area contributed by atoms with Crippen LogP contribution in [0.4, 0.5) is 0 Å². The van der Waals surface area contributed by atoms with Crippen molar-refractivity contribution in [1.82, 2.24) is 15.5 Å². The molecular formula is C32H37N5O5. The molecule has 0 fully saturated rings. The minimum absolute atomic E-state index is 0.0133. The predicted molar refractivity (Wildman–Crippen MR) is 160 cm³/mol. The SMILES string of the molecule is C=C(C(N)=O)[C@@H](NC(=O)[C@H](Cc1ccccc1)NC(=O)[C@@H](C)N(C)C(=O)[C@@H](N)Cc1ccc(O)cc1)c1ccccc1. The number of carbonyl (C=O) groups is 4. The number of phenols is 1. The second-order valence-electron chi connectivity index (χ2n) is 10.1. The van der Waals surface area contributed by atoms with Crippen molar-refractivity contribution in [2.24, 2.45) is 11.5 Å². The van der Waals surface area contributed by atoms with Crippen LogP contribution in [0.3, 0.4) is 0 Å². The highest BCUT2D eigenvalue weighted by atomic mass is 16.3. The number of amides is 4. The summed E-state index contributed by atoms with van der Waals surface area (Å²) in [6.07, 6.45) is 0.356. The molecule has 3 aromatic rings. The van der Waals surface area contributed by atoms with E-state index in [0.29, 0.717) is 5.56 Å². The first-order valence-electron chi connectivity index (χ1n) is 13.5. The van der Waals surface area contributed by atoms with Crippen LogP contribution in [0.5, 0.6) is 5.75 Å². The number of rotatable bonds is 13. The molecule has 0 aliphatic heterocycles. The molecule has 10 heteroatoms. The van der Waals surface area contributed by atoms with E-state index in [4.69, 9.17) is 11.5 Å². The number of hydrogen-bond donors (Lipinski definition) is 5. The zero-order valence-electron chi connectivity index (χ0n) is 23.7. The molecule has 0 aromatic heterocycles. The van der Waals surface area contributed by atoms with Crippen molar-refractivity contribution in [2.75, 3.05) is 7.05 Å². The second kappa shape index (κ2) is 14.6. The Labute approximate surface area is 245 Å². The maximum atomic E-state index is 13.6. The van der Waals surface area contributed by atoms with E-state index in [2.05, 4.69) is 17.2 Å². The molecule has 4 atom stereocenters. The monoisotopic (exact) mass is 571 g/mol. The Bertz CT molecular complexity index is 1400. The summed E-state index contributed by atoms with van der Waals surface area (Å²) < 4.78 is 0. The van der Waals surface area contributed by atoms with Crippen LogP contribution < -0.4 is 22.1 Å². The minimum atomic E-state index is -1.05. The van der Waals surface area contributed by atoms with Gasteiger partial charge in [-0.3, -0.25) is 19.2 Å². The Hall–Kier alpha value is -4.96. The van der Waals surface area contributed by atoms with Gasteiger partial charge in [0.05, 0.1) is 12.1 Å². The van der Waals surface area contributed by atoms with Crippen molar-refractivity contribution in [3.8, 4) is 5.75 Å². The lowest BCUT2D eigenvalue weighted by Crippen LogP contribution is -2.56. The van der Waals surface area contributed by atoms with Crippen LogP contribution in [-0.2, 0) is 32.0 Å². The molecular weight excluding hydrogens is 534 g/mol. The lowest BCUT2D eigenvalue weighted by molar-refractivity contribution is -0.140. The number of carbonyl (C=O) groups excluding carboxylic acids is 4. The highest BCUT2D eigenvalue weighted by Gasteiger charge is 2.31. The summed E-state index contributed by atoms with van der Waals surface area (Å²) >= 11 is 0. The quantitative estimate of drug-likeness (QED) is 0.196. The molecule has 0 bridgehead atoms. The van der Waals surface area contributed by atoms with E-state index in [1.165, 1.54) is 24.1 Å². The van der Waals surface area contributed by atoms with E-state index in [1.807, 2.05) is 30.3 Å². The Balaban J connectivity index is 1.77. The maximum Gasteiger partial charge on any atom is 0.246 e. The van der Waals surface area contributed by atoms with E-state index in [0.717, 1.165) is 11.1 Å². The number of nitrogens with one attached hydrogen (secondary N) is 2. The third-order valence-corrected chi connectivity index (χ3v) is 7.02. The van der Waals surface area contributed by atoms with Crippen molar-refractivity contribution in [2.45, 2.75) is 43.9 Å². The number of likely N-dealkylation sites (N-methyl/N-ethyl adjacent to an activating group) is 1. The molecule has 42 heavy (non-hydrogen) atoms. The lowest BCUT2D eigenvalue weighted by atomic mass is 9.98. The standard InChI is InChI=1S/C32H37N5O5/c1-20(29(34)39)28(24-12-8-5-9-13-24)36-31(41)27(19-22-10-6-4-7-11-22)35-30(40)21(2)37(3)32(42)26(33)18-23-14-16-25(38)17-15-23/h4-17,21,26-28,38H,1,18-19,33H2,2-3H3,(H2,34,39)(H,35,40)(H,36,41)/t21-,26+,27+,28-/m1/s1. The van der Waals surface area contributed by atoms with Gasteiger partial charge in [-0.25, -0.2) is 0 Å². The van der Waals surface area contributed by atoms with Gasteiger partial charge in [-0.2, -0.15) is 0 Å². The lowest BCUT2D eigenvalue weighted by Gasteiger charge is -2.29. The third-order valence-electron chi connectivity index (χ3n) is 7.02. The fourth-order valence-electron chi connectivity index (χ4n) is 4.36. The van der Waals surface area contributed by atoms with Crippen molar-refractivity contribution >= 4 is 23.6 Å². The first-order chi connectivity index (χ1) is 20.0. The highest BCUT2D eigenvalue weighted by Crippen LogP contribution is 2.21. The Morgan fingerprint density at radius 1 is 0.833 bits per heavy atom. The molecule has 3 rings (SSSR count). The van der Waals surface area contributed by atoms with E-state index in [9.17, 15) is 24.3 Å². The van der Waals surface area contributed by atoms with Crippen LogP contribution >= 0.6 is 0 Å². The molecule has 0 unspecified atom stereocenters. The normalized spacial score (nSPS) is 13.6. The highest BCUT2D eigenvalue weighted by molar-refractivity contribution is 5.96. The molecule has 7 N–H and O–H groups in total. The molecule has 0 spiro atoms. The van der Waals surface area contributed by atoms with Gasteiger partial charge in [0.2, 0.25) is 23.6 Å². The minimum Gasteiger partial charge on any atom is -0.508 e. The van der Waals surface area contributed by atoms with Gasteiger partial charge in [0.15, 0.2) is 0 Å². The second-order valence-corrected chi connectivity index (χ2v) is 10.1. The molecule has 3 aromatic carbocycles. The average molecular weight is 572 g/mol. The van der Waals surface area contributed by atoms with Crippen LogP contribution in [0.25, 0.3) is 0 Å². The summed E-state index contributed by atoms with van der Waals surface area (Å²) in [5.74, 6) is -2.26. The Morgan fingerprint density at radius 3 is 1.95 bits per heavy atom. The number of nitrogens with two attached hydrogens (primary N) is 2. The molecule has 0 heterocycles. The topological polar surface area (TPSA) is 168 Å². The number of benzene rings is 3. The number of nitrogens with zero attached hydrogens (tertiary/aromatic N) is 1. The summed E-state index contributed by atoms with van der Waals surface area (Å²) in [5, 5.41) is 15.0. The largest absolute Gasteiger partial charge is 0.508 e. The van der Waals surface area contributed by atoms with Gasteiger partial charge < -0.3 is 32.1 Å². The van der Waals surface area contributed by atoms with Crippen molar-refractivity contribution in [3.05, 3.63) is 114 Å². The summed E-state index contributed by atoms with van der Waals surface area (Å²) in [7, 11) is 1.47.